The number of primary amides is 1. The first kappa shape index (κ1) is 13.4. The van der Waals surface area contributed by atoms with Gasteiger partial charge in [-0.2, -0.15) is 0 Å². The lowest BCUT2D eigenvalue weighted by Crippen LogP contribution is -2.47. The molecule has 0 aliphatic carbocycles. The summed E-state index contributed by atoms with van der Waals surface area (Å²) in [4.78, 5) is 15.1. The summed E-state index contributed by atoms with van der Waals surface area (Å²) in [6.07, 6.45) is 0. The molecule has 0 aromatic heterocycles. The molecule has 5 heteroatoms. The van der Waals surface area contributed by atoms with Crippen molar-refractivity contribution >= 4 is 5.91 Å². The second-order valence-corrected chi connectivity index (χ2v) is 3.81. The Hall–Kier alpha value is -0.650. The van der Waals surface area contributed by atoms with Crippen LogP contribution in [0.15, 0.2) is 0 Å². The first-order valence-electron chi connectivity index (χ1n) is 4.77. The molecular weight excluding hydrogens is 180 g/mol. The van der Waals surface area contributed by atoms with Gasteiger partial charge in [0.25, 0.3) is 0 Å². The Labute approximate surface area is 86.2 Å². The molecule has 0 saturated heterocycles. The van der Waals surface area contributed by atoms with Crippen molar-refractivity contribution in [2.75, 3.05) is 47.8 Å². The SMILES string of the molecule is CNC(CN(C)CCN(C)C)C(N)=O. The van der Waals surface area contributed by atoms with E-state index in [4.69, 9.17) is 5.73 Å². The zero-order chi connectivity index (χ0) is 11.1. The second kappa shape index (κ2) is 6.75. The van der Waals surface area contributed by atoms with Crippen LogP contribution in [0, 0.1) is 0 Å². The maximum Gasteiger partial charge on any atom is 0.235 e. The van der Waals surface area contributed by atoms with Crippen molar-refractivity contribution in [3.05, 3.63) is 0 Å². The molecule has 3 N–H and O–H groups in total. The van der Waals surface area contributed by atoms with Crippen molar-refractivity contribution in [3.63, 3.8) is 0 Å². The quantitative estimate of drug-likeness (QED) is 0.530. The molecule has 0 fully saturated rings. The zero-order valence-corrected chi connectivity index (χ0v) is 9.58. The van der Waals surface area contributed by atoms with Crippen LogP contribution in [0.2, 0.25) is 0 Å². The topological polar surface area (TPSA) is 61.6 Å². The van der Waals surface area contributed by atoms with Gasteiger partial charge >= 0.3 is 0 Å². The predicted molar refractivity (Wildman–Crippen MR) is 58.1 cm³/mol. The number of nitrogens with one attached hydrogen (secondary N) is 1. The highest BCUT2D eigenvalue weighted by molar-refractivity contribution is 5.80. The van der Waals surface area contributed by atoms with E-state index in [1.807, 2.05) is 21.1 Å². The van der Waals surface area contributed by atoms with E-state index >= 15 is 0 Å². The Morgan fingerprint density at radius 3 is 2.29 bits per heavy atom. The van der Waals surface area contributed by atoms with Crippen LogP contribution in [0.4, 0.5) is 0 Å². The molecule has 0 aliphatic heterocycles. The van der Waals surface area contributed by atoms with Crippen LogP contribution in [0.3, 0.4) is 0 Å². The fourth-order valence-electron chi connectivity index (χ4n) is 1.10. The second-order valence-electron chi connectivity index (χ2n) is 3.81. The Morgan fingerprint density at radius 2 is 1.93 bits per heavy atom. The standard InChI is InChI=1S/C9H22N4O/c1-11-8(9(10)14)7-13(4)6-5-12(2)3/h8,11H,5-7H2,1-4H3,(H2,10,14). The molecule has 0 heterocycles. The molecule has 1 atom stereocenters. The summed E-state index contributed by atoms with van der Waals surface area (Å²) in [5.41, 5.74) is 5.21. The van der Waals surface area contributed by atoms with Gasteiger partial charge in [-0.15, -0.1) is 0 Å². The molecule has 0 rings (SSSR count). The minimum absolute atomic E-state index is 0.262. The molecule has 14 heavy (non-hydrogen) atoms. The van der Waals surface area contributed by atoms with E-state index in [9.17, 15) is 4.79 Å². The first-order chi connectivity index (χ1) is 6.47. The van der Waals surface area contributed by atoms with Crippen LogP contribution in [0.5, 0.6) is 0 Å². The number of likely N-dealkylation sites (N-methyl/N-ethyl adjacent to an activating group) is 3. The van der Waals surface area contributed by atoms with Crippen LogP contribution >= 0.6 is 0 Å². The molecule has 0 aliphatic rings. The fraction of sp³-hybridized carbons (Fsp3) is 0.889. The molecule has 0 radical (unpaired) electrons. The minimum atomic E-state index is -0.302. The van der Waals surface area contributed by atoms with Crippen molar-refractivity contribution < 1.29 is 4.79 Å². The van der Waals surface area contributed by atoms with E-state index in [1.165, 1.54) is 0 Å². The Bertz CT molecular complexity index is 172. The lowest BCUT2D eigenvalue weighted by Gasteiger charge is -2.22. The highest BCUT2D eigenvalue weighted by Crippen LogP contribution is 1.89. The van der Waals surface area contributed by atoms with Crippen LogP contribution in [-0.4, -0.2) is 69.6 Å². The van der Waals surface area contributed by atoms with Gasteiger partial charge in [0.05, 0.1) is 6.04 Å². The molecule has 0 bridgehead atoms. The lowest BCUT2D eigenvalue weighted by molar-refractivity contribution is -0.120. The van der Waals surface area contributed by atoms with Crippen molar-refractivity contribution in [1.29, 1.82) is 0 Å². The lowest BCUT2D eigenvalue weighted by atomic mass is 10.2. The molecule has 1 unspecified atom stereocenters. The third-order valence-corrected chi connectivity index (χ3v) is 2.12. The molecule has 0 spiro atoms. The number of nitrogens with two attached hydrogens (primary N) is 1. The third kappa shape index (κ3) is 5.90. The summed E-state index contributed by atoms with van der Waals surface area (Å²) in [5.74, 6) is -0.302. The average Bonchev–Trinajstić information content (AvgIpc) is 2.10. The van der Waals surface area contributed by atoms with E-state index < -0.39 is 0 Å². The maximum absolute atomic E-state index is 10.9. The summed E-state index contributed by atoms with van der Waals surface area (Å²) in [7, 11) is 7.78. The van der Waals surface area contributed by atoms with Crippen molar-refractivity contribution in [1.82, 2.24) is 15.1 Å². The monoisotopic (exact) mass is 202 g/mol. The maximum atomic E-state index is 10.9. The van der Waals surface area contributed by atoms with E-state index in [0.29, 0.717) is 6.54 Å². The third-order valence-electron chi connectivity index (χ3n) is 2.12. The Balaban J connectivity index is 3.79. The van der Waals surface area contributed by atoms with Gasteiger partial charge in [-0.25, -0.2) is 0 Å². The van der Waals surface area contributed by atoms with Crippen molar-refractivity contribution in [2.45, 2.75) is 6.04 Å². The summed E-state index contributed by atoms with van der Waals surface area (Å²) in [6, 6.07) is -0.262. The molecule has 5 nitrogen and oxygen atoms in total. The van der Waals surface area contributed by atoms with Crippen molar-refractivity contribution in [2.24, 2.45) is 5.73 Å². The van der Waals surface area contributed by atoms with E-state index in [-0.39, 0.29) is 11.9 Å². The molecular formula is C9H22N4O. The highest BCUT2D eigenvalue weighted by atomic mass is 16.1. The van der Waals surface area contributed by atoms with Crippen LogP contribution in [-0.2, 0) is 4.79 Å². The predicted octanol–water partition coefficient (Wildman–Crippen LogP) is -1.45. The van der Waals surface area contributed by atoms with E-state index in [0.717, 1.165) is 13.1 Å². The van der Waals surface area contributed by atoms with Crippen LogP contribution in [0.25, 0.3) is 0 Å². The van der Waals surface area contributed by atoms with Gasteiger partial charge < -0.3 is 20.9 Å². The van der Waals surface area contributed by atoms with E-state index in [2.05, 4.69) is 15.1 Å². The number of carbonyl (C=O) groups is 1. The van der Waals surface area contributed by atoms with Gasteiger partial charge in [-0.3, -0.25) is 4.79 Å². The molecule has 0 aromatic rings. The smallest absolute Gasteiger partial charge is 0.235 e. The first-order valence-corrected chi connectivity index (χ1v) is 4.77. The van der Waals surface area contributed by atoms with Crippen LogP contribution in [0.1, 0.15) is 0 Å². The van der Waals surface area contributed by atoms with Gasteiger partial charge in [0.1, 0.15) is 0 Å². The van der Waals surface area contributed by atoms with Crippen molar-refractivity contribution in [3.8, 4) is 0 Å². The summed E-state index contributed by atoms with van der Waals surface area (Å²) in [5, 5.41) is 2.89. The number of carbonyl (C=O) groups excluding carboxylic acids is 1. The molecule has 84 valence electrons. The number of hydrogen-bond donors (Lipinski definition) is 2. The van der Waals surface area contributed by atoms with E-state index in [1.54, 1.807) is 7.05 Å². The molecule has 1 amide bonds. The largest absolute Gasteiger partial charge is 0.368 e. The number of hydrogen-bond acceptors (Lipinski definition) is 4. The van der Waals surface area contributed by atoms with Gasteiger partial charge in [-0.05, 0) is 28.2 Å². The summed E-state index contributed by atoms with van der Waals surface area (Å²) < 4.78 is 0. The number of rotatable bonds is 7. The number of nitrogens with zero attached hydrogens (tertiary/aromatic N) is 2. The zero-order valence-electron chi connectivity index (χ0n) is 9.58. The molecule has 0 aromatic carbocycles. The van der Waals surface area contributed by atoms with Gasteiger partial charge in [0.2, 0.25) is 5.91 Å². The summed E-state index contributed by atoms with van der Waals surface area (Å²) in [6.45, 7) is 2.56. The van der Waals surface area contributed by atoms with Gasteiger partial charge in [0.15, 0.2) is 0 Å². The van der Waals surface area contributed by atoms with Gasteiger partial charge in [-0.1, -0.05) is 0 Å². The normalized spacial score (nSPS) is 13.6. The number of amides is 1. The summed E-state index contributed by atoms with van der Waals surface area (Å²) >= 11 is 0. The average molecular weight is 202 g/mol. The molecule has 0 saturated carbocycles. The fourth-order valence-corrected chi connectivity index (χ4v) is 1.10. The Morgan fingerprint density at radius 1 is 1.36 bits per heavy atom. The van der Waals surface area contributed by atoms with Gasteiger partial charge in [0, 0.05) is 19.6 Å². The highest BCUT2D eigenvalue weighted by Gasteiger charge is 2.14. The minimum Gasteiger partial charge on any atom is -0.368 e. The Kier molecular flexibility index (Phi) is 6.44. The van der Waals surface area contributed by atoms with Crippen LogP contribution < -0.4 is 11.1 Å².